The van der Waals surface area contributed by atoms with Crippen molar-refractivity contribution >= 4 is 0 Å². The quantitative estimate of drug-likeness (QED) is 0.604. The molecule has 2 aliphatic carbocycles. The topological polar surface area (TPSA) is 20.2 Å². The van der Waals surface area contributed by atoms with Gasteiger partial charge < -0.3 is 5.11 Å². The monoisotopic (exact) mass is 180 g/mol. The van der Waals surface area contributed by atoms with Crippen LogP contribution in [0.4, 0.5) is 13.2 Å². The summed E-state index contributed by atoms with van der Waals surface area (Å²) in [5, 5.41) is 9.25. The lowest BCUT2D eigenvalue weighted by atomic mass is 9.98. The molecule has 70 valence electrons. The molecular formula is C8H11F3O. The van der Waals surface area contributed by atoms with Crippen LogP contribution in [0.2, 0.25) is 0 Å². The van der Waals surface area contributed by atoms with Crippen LogP contribution in [0.3, 0.4) is 0 Å². The van der Waals surface area contributed by atoms with E-state index >= 15 is 0 Å². The van der Waals surface area contributed by atoms with E-state index in [0.29, 0.717) is 12.8 Å². The van der Waals surface area contributed by atoms with Gasteiger partial charge in [0.05, 0.1) is 12.0 Å². The van der Waals surface area contributed by atoms with Crippen molar-refractivity contribution in [1.82, 2.24) is 0 Å². The van der Waals surface area contributed by atoms with Crippen molar-refractivity contribution in [2.45, 2.75) is 31.5 Å². The van der Waals surface area contributed by atoms with Gasteiger partial charge in [-0.2, -0.15) is 13.2 Å². The summed E-state index contributed by atoms with van der Waals surface area (Å²) in [6, 6.07) is 0. The van der Waals surface area contributed by atoms with Crippen molar-refractivity contribution in [3.05, 3.63) is 0 Å². The molecule has 0 amide bonds. The Balaban J connectivity index is 2.05. The SMILES string of the molecule is OC1CCCC2C1C2C(F)(F)F. The maximum atomic E-state index is 12.2. The van der Waals surface area contributed by atoms with E-state index in [1.54, 1.807) is 0 Å². The maximum Gasteiger partial charge on any atom is 0.392 e. The molecule has 0 aliphatic heterocycles. The first-order valence-electron chi connectivity index (χ1n) is 4.26. The number of aliphatic hydroxyl groups is 1. The molecule has 0 radical (unpaired) electrons. The fourth-order valence-electron chi connectivity index (χ4n) is 2.51. The summed E-state index contributed by atoms with van der Waals surface area (Å²) in [6.45, 7) is 0. The van der Waals surface area contributed by atoms with Crippen molar-refractivity contribution < 1.29 is 18.3 Å². The molecule has 12 heavy (non-hydrogen) atoms. The normalized spacial score (nSPS) is 47.0. The molecule has 2 fully saturated rings. The summed E-state index contributed by atoms with van der Waals surface area (Å²) in [5.74, 6) is -1.94. The lowest BCUT2D eigenvalue weighted by Gasteiger charge is -2.14. The number of fused-ring (bicyclic) bond motifs is 1. The Morgan fingerprint density at radius 3 is 2.33 bits per heavy atom. The zero-order chi connectivity index (χ0) is 8.93. The van der Waals surface area contributed by atoms with Crippen molar-refractivity contribution in [2.75, 3.05) is 0 Å². The highest BCUT2D eigenvalue weighted by molar-refractivity contribution is 5.06. The second kappa shape index (κ2) is 2.37. The third kappa shape index (κ3) is 1.13. The third-order valence-electron chi connectivity index (χ3n) is 3.09. The largest absolute Gasteiger partial charge is 0.393 e. The van der Waals surface area contributed by atoms with Gasteiger partial charge in [0.15, 0.2) is 0 Å². The Bertz CT molecular complexity index is 189. The predicted octanol–water partition coefficient (Wildman–Crippen LogP) is 1.96. The van der Waals surface area contributed by atoms with Crippen molar-refractivity contribution in [1.29, 1.82) is 0 Å². The smallest absolute Gasteiger partial charge is 0.392 e. The van der Waals surface area contributed by atoms with Crippen LogP contribution in [0.15, 0.2) is 0 Å². The van der Waals surface area contributed by atoms with Gasteiger partial charge in [0.25, 0.3) is 0 Å². The summed E-state index contributed by atoms with van der Waals surface area (Å²) >= 11 is 0. The first kappa shape index (κ1) is 8.35. The Hall–Kier alpha value is -0.250. The van der Waals surface area contributed by atoms with E-state index in [1.165, 1.54) is 0 Å². The molecule has 4 unspecified atom stereocenters. The van der Waals surface area contributed by atoms with Gasteiger partial charge in [0.1, 0.15) is 0 Å². The van der Waals surface area contributed by atoms with Crippen LogP contribution in [0, 0.1) is 17.8 Å². The molecule has 4 heteroatoms. The molecule has 4 atom stereocenters. The summed E-state index contributed by atoms with van der Waals surface area (Å²) in [4.78, 5) is 0. The molecule has 2 saturated carbocycles. The van der Waals surface area contributed by atoms with Crippen molar-refractivity contribution in [2.24, 2.45) is 17.8 Å². The van der Waals surface area contributed by atoms with Gasteiger partial charge >= 0.3 is 6.18 Å². The number of hydrogen-bond donors (Lipinski definition) is 1. The van der Waals surface area contributed by atoms with Gasteiger partial charge in [0, 0.05) is 0 Å². The van der Waals surface area contributed by atoms with Crippen LogP contribution in [-0.4, -0.2) is 17.4 Å². The highest BCUT2D eigenvalue weighted by atomic mass is 19.4. The highest BCUT2D eigenvalue weighted by Gasteiger charge is 2.66. The molecule has 0 spiro atoms. The number of alkyl halides is 3. The van der Waals surface area contributed by atoms with Crippen LogP contribution in [-0.2, 0) is 0 Å². The minimum Gasteiger partial charge on any atom is -0.393 e. The molecule has 0 bridgehead atoms. The predicted molar refractivity (Wildman–Crippen MR) is 36.4 cm³/mol. The molecule has 0 heterocycles. The molecule has 0 aromatic heterocycles. The van der Waals surface area contributed by atoms with Gasteiger partial charge in [-0.3, -0.25) is 0 Å². The van der Waals surface area contributed by atoms with E-state index in [9.17, 15) is 18.3 Å². The van der Waals surface area contributed by atoms with E-state index in [4.69, 9.17) is 0 Å². The average Bonchev–Trinajstić information content (AvgIpc) is 2.60. The Morgan fingerprint density at radius 2 is 1.83 bits per heavy atom. The van der Waals surface area contributed by atoms with Crippen LogP contribution in [0.1, 0.15) is 19.3 Å². The lowest BCUT2D eigenvalue weighted by molar-refractivity contribution is -0.156. The minimum atomic E-state index is -4.08. The Kier molecular flexibility index (Phi) is 1.65. The Morgan fingerprint density at radius 1 is 1.17 bits per heavy atom. The summed E-state index contributed by atoms with van der Waals surface area (Å²) in [6.07, 6.45) is -2.84. The van der Waals surface area contributed by atoms with Crippen LogP contribution in [0.5, 0.6) is 0 Å². The van der Waals surface area contributed by atoms with Crippen LogP contribution < -0.4 is 0 Å². The van der Waals surface area contributed by atoms with Gasteiger partial charge in [-0.05, 0) is 24.7 Å². The lowest BCUT2D eigenvalue weighted by Crippen LogP contribution is -2.18. The van der Waals surface area contributed by atoms with E-state index in [0.717, 1.165) is 6.42 Å². The molecular weight excluding hydrogens is 169 g/mol. The van der Waals surface area contributed by atoms with Crippen molar-refractivity contribution in [3.8, 4) is 0 Å². The zero-order valence-corrected chi connectivity index (χ0v) is 6.51. The second-order valence-corrected chi connectivity index (χ2v) is 3.81. The molecule has 0 aromatic rings. The first-order chi connectivity index (χ1) is 5.52. The van der Waals surface area contributed by atoms with Gasteiger partial charge in [-0.1, -0.05) is 6.42 Å². The summed E-state index contributed by atoms with van der Waals surface area (Å²) < 4.78 is 36.6. The van der Waals surface area contributed by atoms with Gasteiger partial charge in [-0.15, -0.1) is 0 Å². The highest BCUT2D eigenvalue weighted by Crippen LogP contribution is 2.61. The molecule has 1 N–H and O–H groups in total. The Labute approximate surface area is 68.6 Å². The number of rotatable bonds is 0. The summed E-state index contributed by atoms with van der Waals surface area (Å²) in [7, 11) is 0. The number of hydrogen-bond acceptors (Lipinski definition) is 1. The standard InChI is InChI=1S/C8H11F3O/c9-8(10,11)7-4-2-1-3-5(12)6(4)7/h4-7,12H,1-3H2. The van der Waals surface area contributed by atoms with Gasteiger partial charge in [-0.25, -0.2) is 0 Å². The molecule has 2 aliphatic rings. The van der Waals surface area contributed by atoms with Crippen LogP contribution in [0.25, 0.3) is 0 Å². The number of aliphatic hydroxyl groups excluding tert-OH is 1. The minimum absolute atomic E-state index is 0.270. The van der Waals surface area contributed by atoms with Gasteiger partial charge in [0.2, 0.25) is 0 Å². The van der Waals surface area contributed by atoms with E-state index in [-0.39, 0.29) is 5.92 Å². The third-order valence-corrected chi connectivity index (χ3v) is 3.09. The zero-order valence-electron chi connectivity index (χ0n) is 6.51. The van der Waals surface area contributed by atoms with Crippen molar-refractivity contribution in [3.63, 3.8) is 0 Å². The molecule has 2 rings (SSSR count). The maximum absolute atomic E-state index is 12.2. The van der Waals surface area contributed by atoms with Crippen LogP contribution >= 0.6 is 0 Å². The van der Waals surface area contributed by atoms with E-state index in [2.05, 4.69) is 0 Å². The molecule has 1 nitrogen and oxygen atoms in total. The molecule has 0 saturated heterocycles. The van der Waals surface area contributed by atoms with E-state index < -0.39 is 24.1 Å². The fraction of sp³-hybridized carbons (Fsp3) is 1.00. The summed E-state index contributed by atoms with van der Waals surface area (Å²) in [5.41, 5.74) is 0. The second-order valence-electron chi connectivity index (χ2n) is 3.81. The average molecular weight is 180 g/mol. The number of halogens is 3. The molecule has 0 aromatic carbocycles. The first-order valence-corrected chi connectivity index (χ1v) is 4.26. The fourth-order valence-corrected chi connectivity index (χ4v) is 2.51. The van der Waals surface area contributed by atoms with E-state index in [1.807, 2.05) is 0 Å².